The van der Waals surface area contributed by atoms with Crippen LogP contribution in [-0.4, -0.2) is 0 Å². The largest absolute Gasteiger partial charge is 0.422 e. The molecule has 0 fully saturated rings. The minimum atomic E-state index is -4.34. The van der Waals surface area contributed by atoms with Crippen molar-refractivity contribution in [3.05, 3.63) is 60.4 Å². The van der Waals surface area contributed by atoms with Gasteiger partial charge in [-0.2, -0.15) is 17.6 Å². The number of alkyl halides is 3. The molecule has 0 aliphatic rings. The van der Waals surface area contributed by atoms with Crippen molar-refractivity contribution in [1.82, 2.24) is 0 Å². The first kappa shape index (κ1) is 11.0. The van der Waals surface area contributed by atoms with E-state index in [2.05, 4.69) is 0 Å². The molecule has 1 aromatic carbocycles. The summed E-state index contributed by atoms with van der Waals surface area (Å²) in [5.74, 6) is 0. The van der Waals surface area contributed by atoms with E-state index in [4.69, 9.17) is 0 Å². The number of benzene rings is 1. The summed E-state index contributed by atoms with van der Waals surface area (Å²) in [5.41, 5.74) is -0.445. The van der Waals surface area contributed by atoms with Crippen LogP contribution >= 0.6 is 0 Å². The molecule has 0 radical (unpaired) electrons. The predicted molar refractivity (Wildman–Crippen MR) is 62.1 cm³/mol. The number of aromatic nitrogens is 1. The highest BCUT2D eigenvalue weighted by atomic mass is 19.4. The van der Waals surface area contributed by atoms with E-state index in [-0.39, 0.29) is 5.52 Å². The molecule has 90 valence electrons. The first-order valence-corrected chi connectivity index (χ1v) is 5.46. The lowest BCUT2D eigenvalue weighted by Gasteiger charge is -2.06. The number of halogens is 3. The lowest BCUT2D eigenvalue weighted by Crippen LogP contribution is -2.24. The maximum atomic E-state index is 12.9. The van der Waals surface area contributed by atoms with Crippen LogP contribution in [0, 0.1) is 0 Å². The zero-order valence-electron chi connectivity index (χ0n) is 9.28. The van der Waals surface area contributed by atoms with Crippen molar-refractivity contribution in [2.75, 3.05) is 0 Å². The van der Waals surface area contributed by atoms with Crippen molar-refractivity contribution in [3.8, 4) is 0 Å². The van der Waals surface area contributed by atoms with Crippen LogP contribution in [-0.2, 0) is 6.18 Å². The molecule has 3 rings (SSSR count). The fourth-order valence-corrected chi connectivity index (χ4v) is 2.10. The number of hydrogen-bond acceptors (Lipinski definition) is 0. The summed E-state index contributed by atoms with van der Waals surface area (Å²) in [4.78, 5) is 0. The zero-order chi connectivity index (χ0) is 12.8. The molecular formula is C14H9F3N+. The molecule has 18 heavy (non-hydrogen) atoms. The van der Waals surface area contributed by atoms with Gasteiger partial charge < -0.3 is 0 Å². The van der Waals surface area contributed by atoms with Gasteiger partial charge in [0.05, 0.1) is 0 Å². The summed E-state index contributed by atoms with van der Waals surface area (Å²) in [6, 6.07) is 11.4. The van der Waals surface area contributed by atoms with Gasteiger partial charge in [0.1, 0.15) is 5.56 Å². The number of nitrogens with zero attached hydrogens (tertiary/aromatic N) is 1. The molecular weight excluding hydrogens is 239 g/mol. The second kappa shape index (κ2) is 3.70. The van der Waals surface area contributed by atoms with E-state index in [0.29, 0.717) is 0 Å². The molecule has 2 heterocycles. The van der Waals surface area contributed by atoms with E-state index in [1.54, 1.807) is 18.5 Å². The Bertz CT molecular complexity index is 732. The van der Waals surface area contributed by atoms with Crippen molar-refractivity contribution in [2.45, 2.75) is 6.18 Å². The van der Waals surface area contributed by atoms with Crippen molar-refractivity contribution in [3.63, 3.8) is 0 Å². The number of hydrogen-bond donors (Lipinski definition) is 0. The van der Waals surface area contributed by atoms with E-state index in [0.717, 1.165) is 16.8 Å². The van der Waals surface area contributed by atoms with E-state index in [9.17, 15) is 13.2 Å². The summed E-state index contributed by atoms with van der Waals surface area (Å²) in [6.07, 6.45) is -1.01. The van der Waals surface area contributed by atoms with Gasteiger partial charge in [0.2, 0.25) is 5.52 Å². The molecule has 0 saturated heterocycles. The average molecular weight is 248 g/mol. The number of rotatable bonds is 0. The molecule has 0 aliphatic heterocycles. The van der Waals surface area contributed by atoms with Crippen molar-refractivity contribution >= 4 is 16.3 Å². The Balaban J connectivity index is 2.44. The Hall–Kier alpha value is -2.10. The highest BCUT2D eigenvalue weighted by Crippen LogP contribution is 2.31. The predicted octanol–water partition coefficient (Wildman–Crippen LogP) is 3.60. The normalized spacial score (nSPS) is 12.2. The highest BCUT2D eigenvalue weighted by molar-refractivity contribution is 5.84. The Kier molecular flexibility index (Phi) is 2.26. The first-order valence-electron chi connectivity index (χ1n) is 5.46. The second-order valence-corrected chi connectivity index (χ2v) is 4.11. The zero-order valence-corrected chi connectivity index (χ0v) is 9.28. The van der Waals surface area contributed by atoms with Crippen molar-refractivity contribution in [1.29, 1.82) is 0 Å². The molecule has 0 atom stereocenters. The monoisotopic (exact) mass is 248 g/mol. The van der Waals surface area contributed by atoms with Gasteiger partial charge in [-0.05, 0) is 17.5 Å². The van der Waals surface area contributed by atoms with Crippen molar-refractivity contribution < 1.29 is 17.6 Å². The fourth-order valence-electron chi connectivity index (χ4n) is 2.10. The second-order valence-electron chi connectivity index (χ2n) is 4.11. The van der Waals surface area contributed by atoms with Gasteiger partial charge in [0.25, 0.3) is 0 Å². The number of pyridine rings is 2. The van der Waals surface area contributed by atoms with Gasteiger partial charge in [-0.15, -0.1) is 0 Å². The summed E-state index contributed by atoms with van der Waals surface area (Å²) in [5, 5.41) is 1.71. The standard InChI is InChI=1S/C14H9F3N/c15-14(16,17)12-6-3-7-18-9-11-5-2-1-4-10(11)8-13(12)18/h1-9H/q+1. The topological polar surface area (TPSA) is 4.10 Å². The maximum absolute atomic E-state index is 12.9. The average Bonchev–Trinajstić information content (AvgIpc) is 2.34. The van der Waals surface area contributed by atoms with Gasteiger partial charge in [-0.1, -0.05) is 18.2 Å². The van der Waals surface area contributed by atoms with Gasteiger partial charge in [-0.25, -0.2) is 0 Å². The quantitative estimate of drug-likeness (QED) is 0.423. The summed E-state index contributed by atoms with van der Waals surface area (Å²) in [7, 11) is 0. The Morgan fingerprint density at radius 3 is 2.33 bits per heavy atom. The molecule has 0 saturated carbocycles. The smallest absolute Gasteiger partial charge is 0.166 e. The first-order chi connectivity index (χ1) is 8.55. The van der Waals surface area contributed by atoms with Crippen LogP contribution < -0.4 is 4.40 Å². The van der Waals surface area contributed by atoms with Crippen LogP contribution in [0.5, 0.6) is 0 Å². The van der Waals surface area contributed by atoms with Gasteiger partial charge >= 0.3 is 6.18 Å². The van der Waals surface area contributed by atoms with Crippen molar-refractivity contribution in [2.24, 2.45) is 0 Å². The van der Waals surface area contributed by atoms with E-state index in [1.165, 1.54) is 10.5 Å². The summed E-state index contributed by atoms with van der Waals surface area (Å²) >= 11 is 0. The minimum Gasteiger partial charge on any atom is -0.166 e. The van der Waals surface area contributed by atoms with Crippen LogP contribution in [0.4, 0.5) is 13.2 Å². The SMILES string of the molecule is FC(F)(F)c1ccc[n+]2cc3ccccc3cc12. The maximum Gasteiger partial charge on any atom is 0.422 e. The molecule has 3 aromatic rings. The van der Waals surface area contributed by atoms with Crippen LogP contribution in [0.2, 0.25) is 0 Å². The molecule has 0 bridgehead atoms. The highest BCUT2D eigenvalue weighted by Gasteiger charge is 2.35. The van der Waals surface area contributed by atoms with Crippen LogP contribution in [0.15, 0.2) is 54.9 Å². The van der Waals surface area contributed by atoms with E-state index in [1.807, 2.05) is 24.3 Å². The van der Waals surface area contributed by atoms with Gasteiger partial charge in [-0.3, -0.25) is 0 Å². The molecule has 0 amide bonds. The molecule has 0 spiro atoms. The fraction of sp³-hybridized carbons (Fsp3) is 0.0714. The lowest BCUT2D eigenvalue weighted by atomic mass is 10.1. The van der Waals surface area contributed by atoms with Gasteiger partial charge in [0, 0.05) is 17.5 Å². The van der Waals surface area contributed by atoms with Gasteiger partial charge in [0.15, 0.2) is 12.4 Å². The van der Waals surface area contributed by atoms with E-state index < -0.39 is 11.7 Å². The third-order valence-electron chi connectivity index (χ3n) is 2.94. The molecule has 1 nitrogen and oxygen atoms in total. The minimum absolute atomic E-state index is 0.170. The van der Waals surface area contributed by atoms with Crippen LogP contribution in [0.25, 0.3) is 16.3 Å². The Morgan fingerprint density at radius 2 is 1.61 bits per heavy atom. The molecule has 0 N–H and O–H groups in total. The molecule has 0 aliphatic carbocycles. The third kappa shape index (κ3) is 1.70. The molecule has 4 heteroatoms. The summed E-state index contributed by atoms with van der Waals surface area (Å²) < 4.78 is 40.2. The number of fused-ring (bicyclic) bond motifs is 2. The third-order valence-corrected chi connectivity index (χ3v) is 2.94. The Labute approximate surface area is 101 Å². The molecule has 0 unspecified atom stereocenters. The van der Waals surface area contributed by atoms with Crippen LogP contribution in [0.1, 0.15) is 5.56 Å². The van der Waals surface area contributed by atoms with Crippen LogP contribution in [0.3, 0.4) is 0 Å². The lowest BCUT2D eigenvalue weighted by molar-refractivity contribution is -0.511. The molecule has 2 aromatic heterocycles. The Morgan fingerprint density at radius 1 is 0.889 bits per heavy atom. The van der Waals surface area contributed by atoms with E-state index >= 15 is 0 Å². The summed E-state index contributed by atoms with van der Waals surface area (Å²) in [6.45, 7) is 0.